The van der Waals surface area contributed by atoms with E-state index in [1.165, 1.54) is 51.5 Å². The fourth-order valence-electron chi connectivity index (χ4n) is 5.78. The summed E-state index contributed by atoms with van der Waals surface area (Å²) in [6.07, 6.45) is 13.6. The van der Waals surface area contributed by atoms with E-state index in [0.717, 1.165) is 71.5 Å². The minimum absolute atomic E-state index is 0.118. The first kappa shape index (κ1) is 40.2. The number of nitrogens with one attached hydrogen (secondary N) is 2. The Morgan fingerprint density at radius 2 is 1.22 bits per heavy atom. The van der Waals surface area contributed by atoms with E-state index in [4.69, 9.17) is 18.9 Å². The highest BCUT2D eigenvalue weighted by Crippen LogP contribution is 2.19. The van der Waals surface area contributed by atoms with E-state index in [0.29, 0.717) is 50.4 Å². The zero-order valence-electron chi connectivity index (χ0n) is 30.2. The van der Waals surface area contributed by atoms with Gasteiger partial charge < -0.3 is 24.3 Å². The summed E-state index contributed by atoms with van der Waals surface area (Å²) in [5.74, 6) is 1.25. The van der Waals surface area contributed by atoms with Crippen molar-refractivity contribution in [3.8, 4) is 0 Å². The predicted molar refractivity (Wildman–Crippen MR) is 185 cm³/mol. The van der Waals surface area contributed by atoms with Gasteiger partial charge in [0.05, 0.1) is 26.0 Å². The Balaban J connectivity index is 1.51. The van der Waals surface area contributed by atoms with Crippen LogP contribution in [0, 0.1) is 11.8 Å². The van der Waals surface area contributed by atoms with Gasteiger partial charge in [0.25, 0.3) is 0 Å². The molecular weight excluding hydrogens is 568 g/mol. The summed E-state index contributed by atoms with van der Waals surface area (Å²) in [5, 5.41) is 6.40. The Labute approximate surface area is 277 Å². The Morgan fingerprint density at radius 3 is 1.73 bits per heavy atom. The van der Waals surface area contributed by atoms with Gasteiger partial charge in [-0.3, -0.25) is 15.1 Å². The SMILES string of the molecule is CCCCC(CC)COCC(CN1CC1C)OCNCCCCCCNC(=O)OC(COCC(CC)CCCC)CN1CC1C. The molecular formula is C36H72N4O5. The van der Waals surface area contributed by atoms with Gasteiger partial charge >= 0.3 is 6.09 Å². The second-order valence-electron chi connectivity index (χ2n) is 13.8. The fourth-order valence-corrected chi connectivity index (χ4v) is 5.78. The molecule has 0 spiro atoms. The molecule has 0 saturated carbocycles. The molecule has 2 fully saturated rings. The van der Waals surface area contributed by atoms with Crippen LogP contribution in [0.25, 0.3) is 0 Å². The molecule has 0 aliphatic carbocycles. The molecule has 45 heavy (non-hydrogen) atoms. The molecule has 1 amide bonds. The van der Waals surface area contributed by atoms with Gasteiger partial charge in [-0.25, -0.2) is 4.79 Å². The molecule has 9 heteroatoms. The third-order valence-electron chi connectivity index (χ3n) is 9.50. The van der Waals surface area contributed by atoms with Crippen LogP contribution in [-0.2, 0) is 18.9 Å². The number of hydrogen-bond acceptors (Lipinski definition) is 8. The topological polar surface area (TPSA) is 84.1 Å². The van der Waals surface area contributed by atoms with Gasteiger partial charge in [0.1, 0.15) is 6.10 Å². The van der Waals surface area contributed by atoms with Crippen molar-refractivity contribution in [2.75, 3.05) is 72.4 Å². The predicted octanol–water partition coefficient (Wildman–Crippen LogP) is 6.45. The molecule has 0 aromatic heterocycles. The number of ether oxygens (including phenoxy) is 4. The van der Waals surface area contributed by atoms with Crippen LogP contribution in [0.1, 0.15) is 119 Å². The van der Waals surface area contributed by atoms with E-state index < -0.39 is 0 Å². The van der Waals surface area contributed by atoms with Crippen LogP contribution in [0.2, 0.25) is 0 Å². The standard InChI is InChI=1S/C36H72N4O5/c1-7-11-17-32(9-3)25-42-27-34(23-39-21-30(39)5)44-29-37-19-15-13-14-16-20-38-36(41)45-35(24-40-22-31(40)6)28-43-26-33(10-4)18-12-8-2/h30-35,37H,7-29H2,1-6H3,(H,38,41). The van der Waals surface area contributed by atoms with Crippen molar-refractivity contribution >= 4 is 6.09 Å². The van der Waals surface area contributed by atoms with Crippen LogP contribution in [0.4, 0.5) is 4.79 Å². The number of amides is 1. The summed E-state index contributed by atoms with van der Waals surface area (Å²) in [5.41, 5.74) is 0. The van der Waals surface area contributed by atoms with Crippen molar-refractivity contribution < 1.29 is 23.7 Å². The van der Waals surface area contributed by atoms with Crippen molar-refractivity contribution in [1.29, 1.82) is 0 Å². The lowest BCUT2D eigenvalue weighted by molar-refractivity contribution is -0.0370. The average Bonchev–Trinajstić information content (AvgIpc) is 3.93. The molecule has 9 nitrogen and oxygen atoms in total. The highest BCUT2D eigenvalue weighted by molar-refractivity contribution is 5.67. The molecule has 2 aliphatic heterocycles. The number of carbonyl (C=O) groups is 1. The first-order valence-corrected chi connectivity index (χ1v) is 18.8. The van der Waals surface area contributed by atoms with Gasteiger partial charge in [-0.05, 0) is 57.9 Å². The summed E-state index contributed by atoms with van der Waals surface area (Å²) in [6.45, 7) is 22.3. The van der Waals surface area contributed by atoms with E-state index in [-0.39, 0.29) is 18.3 Å². The molecule has 2 heterocycles. The van der Waals surface area contributed by atoms with E-state index >= 15 is 0 Å². The number of unbranched alkanes of at least 4 members (excludes halogenated alkanes) is 5. The largest absolute Gasteiger partial charge is 0.442 e. The van der Waals surface area contributed by atoms with Gasteiger partial charge in [-0.15, -0.1) is 0 Å². The van der Waals surface area contributed by atoms with Crippen molar-refractivity contribution in [1.82, 2.24) is 20.4 Å². The van der Waals surface area contributed by atoms with E-state index in [2.05, 4.69) is 62.0 Å². The summed E-state index contributed by atoms with van der Waals surface area (Å²) >= 11 is 0. The fraction of sp³-hybridized carbons (Fsp3) is 0.972. The molecule has 0 bridgehead atoms. The Morgan fingerprint density at radius 1 is 0.711 bits per heavy atom. The zero-order chi connectivity index (χ0) is 32.7. The van der Waals surface area contributed by atoms with E-state index in [9.17, 15) is 4.79 Å². The number of alkyl carbamates (subject to hydrolysis) is 1. The monoisotopic (exact) mass is 641 g/mol. The van der Waals surface area contributed by atoms with Crippen LogP contribution >= 0.6 is 0 Å². The molecule has 0 aromatic rings. The smallest absolute Gasteiger partial charge is 0.407 e. The molecule has 2 rings (SSSR count). The number of rotatable bonds is 31. The Hall–Kier alpha value is -0.970. The summed E-state index contributed by atoms with van der Waals surface area (Å²) in [4.78, 5) is 17.3. The lowest BCUT2D eigenvalue weighted by Gasteiger charge is -2.21. The van der Waals surface area contributed by atoms with Gasteiger partial charge in [0.2, 0.25) is 0 Å². The maximum Gasteiger partial charge on any atom is 0.407 e. The average molecular weight is 641 g/mol. The third kappa shape index (κ3) is 20.1. The molecule has 8 atom stereocenters. The number of hydrogen-bond donors (Lipinski definition) is 2. The van der Waals surface area contributed by atoms with Gasteiger partial charge in [-0.1, -0.05) is 79.1 Å². The first-order chi connectivity index (χ1) is 21.9. The van der Waals surface area contributed by atoms with Crippen molar-refractivity contribution in [2.45, 2.75) is 143 Å². The zero-order valence-corrected chi connectivity index (χ0v) is 30.2. The molecule has 266 valence electrons. The van der Waals surface area contributed by atoms with Crippen LogP contribution in [-0.4, -0.2) is 113 Å². The van der Waals surface area contributed by atoms with Gasteiger partial charge in [-0.2, -0.15) is 0 Å². The molecule has 0 radical (unpaired) electrons. The van der Waals surface area contributed by atoms with Crippen molar-refractivity contribution in [3.63, 3.8) is 0 Å². The highest BCUT2D eigenvalue weighted by atomic mass is 16.6. The van der Waals surface area contributed by atoms with Crippen molar-refractivity contribution in [2.24, 2.45) is 11.8 Å². The number of nitrogens with zero attached hydrogens (tertiary/aromatic N) is 2. The maximum absolute atomic E-state index is 12.5. The summed E-state index contributed by atoms with van der Waals surface area (Å²) in [6, 6.07) is 1.25. The normalized spacial score (nSPS) is 23.3. The highest BCUT2D eigenvalue weighted by Gasteiger charge is 2.33. The summed E-state index contributed by atoms with van der Waals surface area (Å²) in [7, 11) is 0. The second kappa shape index (κ2) is 25.1. The lowest BCUT2D eigenvalue weighted by Crippen LogP contribution is -2.36. The molecule has 2 aliphatic rings. The third-order valence-corrected chi connectivity index (χ3v) is 9.50. The van der Waals surface area contributed by atoms with E-state index in [1.807, 2.05) is 0 Å². The quantitative estimate of drug-likeness (QED) is 0.0509. The molecule has 2 N–H and O–H groups in total. The minimum atomic E-state index is -0.323. The lowest BCUT2D eigenvalue weighted by atomic mass is 10.0. The van der Waals surface area contributed by atoms with Crippen LogP contribution in [0.5, 0.6) is 0 Å². The number of carbonyl (C=O) groups excluding carboxylic acids is 1. The molecule has 8 unspecified atom stereocenters. The first-order valence-electron chi connectivity index (χ1n) is 18.8. The second-order valence-corrected chi connectivity index (χ2v) is 13.8. The Kier molecular flexibility index (Phi) is 22.4. The van der Waals surface area contributed by atoms with Crippen LogP contribution in [0.3, 0.4) is 0 Å². The summed E-state index contributed by atoms with van der Waals surface area (Å²) < 4.78 is 24.1. The van der Waals surface area contributed by atoms with Gasteiger partial charge in [0.15, 0.2) is 0 Å². The molecule has 0 aromatic carbocycles. The minimum Gasteiger partial charge on any atom is -0.442 e. The van der Waals surface area contributed by atoms with Crippen LogP contribution in [0.15, 0.2) is 0 Å². The van der Waals surface area contributed by atoms with E-state index in [1.54, 1.807) is 0 Å². The maximum atomic E-state index is 12.5. The molecule has 2 saturated heterocycles. The van der Waals surface area contributed by atoms with Gasteiger partial charge in [0, 0.05) is 58.0 Å². The Bertz CT molecular complexity index is 732. The van der Waals surface area contributed by atoms with Crippen LogP contribution < -0.4 is 10.6 Å². The van der Waals surface area contributed by atoms with Crippen molar-refractivity contribution in [3.05, 3.63) is 0 Å².